The molecule has 0 spiro atoms. The van der Waals surface area contributed by atoms with E-state index in [4.69, 9.17) is 0 Å². The monoisotopic (exact) mass is 227 g/mol. The number of hydrogen-bond donors (Lipinski definition) is 1. The van der Waals surface area contributed by atoms with Gasteiger partial charge in [0.05, 0.1) is 6.10 Å². The minimum absolute atomic E-state index is 0.393. The van der Waals surface area contributed by atoms with Gasteiger partial charge < -0.3 is 5.11 Å². The van der Waals surface area contributed by atoms with E-state index in [1.807, 2.05) is 49.5 Å². The van der Waals surface area contributed by atoms with Gasteiger partial charge in [-0.25, -0.2) is 0 Å². The average Bonchev–Trinajstić information content (AvgIpc) is 2.37. The lowest BCUT2D eigenvalue weighted by molar-refractivity contribution is 0.168. The molecule has 1 unspecified atom stereocenters. The molecule has 2 rings (SSSR count). The number of rotatable bonds is 4. The zero-order valence-electron chi connectivity index (χ0n) is 10.0. The quantitative estimate of drug-likeness (QED) is 0.870. The van der Waals surface area contributed by atoms with Crippen LogP contribution in [0.15, 0.2) is 48.8 Å². The molecule has 0 saturated heterocycles. The molecule has 1 N–H and O–H groups in total. The first kappa shape index (κ1) is 11.8. The summed E-state index contributed by atoms with van der Waals surface area (Å²) in [4.78, 5) is 4.07. The fraction of sp³-hybridized carbons (Fsp3) is 0.267. The van der Waals surface area contributed by atoms with Gasteiger partial charge in [0, 0.05) is 12.4 Å². The summed E-state index contributed by atoms with van der Waals surface area (Å²) in [5.74, 6) is 0. The molecule has 0 aliphatic heterocycles. The number of aryl methyl sites for hydroxylation is 2. The summed E-state index contributed by atoms with van der Waals surface area (Å²) >= 11 is 0. The molecule has 88 valence electrons. The third kappa shape index (κ3) is 3.40. The Morgan fingerprint density at radius 3 is 2.82 bits per heavy atom. The number of aliphatic hydroxyl groups is 1. The number of benzene rings is 1. The van der Waals surface area contributed by atoms with E-state index in [0.29, 0.717) is 0 Å². The van der Waals surface area contributed by atoms with Crippen molar-refractivity contribution in [3.63, 3.8) is 0 Å². The third-order valence-corrected chi connectivity index (χ3v) is 2.86. The fourth-order valence-electron chi connectivity index (χ4n) is 1.89. The van der Waals surface area contributed by atoms with Gasteiger partial charge in [0.2, 0.25) is 0 Å². The number of pyridine rings is 1. The van der Waals surface area contributed by atoms with Gasteiger partial charge in [0.25, 0.3) is 0 Å². The first-order valence-corrected chi connectivity index (χ1v) is 5.89. The summed E-state index contributed by atoms with van der Waals surface area (Å²) in [5, 5.41) is 10.1. The second-order valence-corrected chi connectivity index (χ2v) is 4.33. The van der Waals surface area contributed by atoms with Crippen molar-refractivity contribution in [2.45, 2.75) is 25.9 Å². The third-order valence-electron chi connectivity index (χ3n) is 2.86. The van der Waals surface area contributed by atoms with Crippen molar-refractivity contribution < 1.29 is 5.11 Å². The summed E-state index contributed by atoms with van der Waals surface area (Å²) in [6.07, 6.45) is 4.80. The van der Waals surface area contributed by atoms with Gasteiger partial charge in [0.15, 0.2) is 0 Å². The number of nitrogens with zero attached hydrogens (tertiary/aromatic N) is 1. The smallest absolute Gasteiger partial charge is 0.0793 e. The van der Waals surface area contributed by atoms with Crippen LogP contribution >= 0.6 is 0 Å². The topological polar surface area (TPSA) is 33.1 Å². The Labute approximate surface area is 102 Å². The summed E-state index contributed by atoms with van der Waals surface area (Å²) < 4.78 is 0. The highest BCUT2D eigenvalue weighted by Crippen LogP contribution is 2.19. The largest absolute Gasteiger partial charge is 0.388 e. The van der Waals surface area contributed by atoms with Gasteiger partial charge in [-0.1, -0.05) is 35.9 Å². The zero-order valence-corrected chi connectivity index (χ0v) is 10.0. The van der Waals surface area contributed by atoms with Gasteiger partial charge in [-0.3, -0.25) is 4.98 Å². The lowest BCUT2D eigenvalue weighted by Crippen LogP contribution is -2.00. The van der Waals surface area contributed by atoms with Crippen LogP contribution in [0.5, 0.6) is 0 Å². The van der Waals surface area contributed by atoms with Crippen molar-refractivity contribution >= 4 is 0 Å². The SMILES string of the molecule is Cc1cccc(C(O)CCc2cccnc2)c1. The van der Waals surface area contributed by atoms with Crippen molar-refractivity contribution in [1.82, 2.24) is 4.98 Å². The molecule has 0 saturated carbocycles. The molecule has 0 aliphatic carbocycles. The normalized spacial score (nSPS) is 12.4. The molecular formula is C15H17NO. The molecule has 0 radical (unpaired) electrons. The summed E-state index contributed by atoms with van der Waals surface area (Å²) in [7, 11) is 0. The van der Waals surface area contributed by atoms with Crippen LogP contribution in [-0.4, -0.2) is 10.1 Å². The molecule has 1 aromatic carbocycles. The Kier molecular flexibility index (Phi) is 3.89. The van der Waals surface area contributed by atoms with Gasteiger partial charge >= 0.3 is 0 Å². The van der Waals surface area contributed by atoms with E-state index in [2.05, 4.69) is 4.98 Å². The minimum Gasteiger partial charge on any atom is -0.388 e. The lowest BCUT2D eigenvalue weighted by Gasteiger charge is -2.11. The number of hydrogen-bond acceptors (Lipinski definition) is 2. The predicted molar refractivity (Wildman–Crippen MR) is 68.7 cm³/mol. The van der Waals surface area contributed by atoms with E-state index < -0.39 is 6.10 Å². The second-order valence-electron chi connectivity index (χ2n) is 4.33. The van der Waals surface area contributed by atoms with Crippen molar-refractivity contribution in [3.05, 3.63) is 65.5 Å². The fourth-order valence-corrected chi connectivity index (χ4v) is 1.89. The highest BCUT2D eigenvalue weighted by atomic mass is 16.3. The Morgan fingerprint density at radius 1 is 1.24 bits per heavy atom. The van der Waals surface area contributed by atoms with Crippen LogP contribution < -0.4 is 0 Å². The molecular weight excluding hydrogens is 210 g/mol. The Morgan fingerprint density at radius 2 is 2.12 bits per heavy atom. The Bertz CT molecular complexity index is 467. The second kappa shape index (κ2) is 5.60. The standard InChI is InChI=1S/C15H17NO/c1-12-4-2-6-14(10-12)15(17)8-7-13-5-3-9-16-11-13/h2-6,9-11,15,17H,7-8H2,1H3. The van der Waals surface area contributed by atoms with Gasteiger partial charge in [0.1, 0.15) is 0 Å². The zero-order chi connectivity index (χ0) is 12.1. The Balaban J connectivity index is 1.96. The van der Waals surface area contributed by atoms with E-state index in [0.717, 1.165) is 18.4 Å². The van der Waals surface area contributed by atoms with Gasteiger partial charge in [-0.15, -0.1) is 0 Å². The minimum atomic E-state index is -0.393. The molecule has 0 amide bonds. The molecule has 2 heteroatoms. The highest BCUT2D eigenvalue weighted by molar-refractivity contribution is 5.24. The van der Waals surface area contributed by atoms with Crippen LogP contribution in [0.4, 0.5) is 0 Å². The molecule has 0 fully saturated rings. The van der Waals surface area contributed by atoms with E-state index >= 15 is 0 Å². The first-order valence-electron chi connectivity index (χ1n) is 5.89. The number of aliphatic hydroxyl groups excluding tert-OH is 1. The van der Waals surface area contributed by atoms with Crippen LogP contribution in [0.1, 0.15) is 29.2 Å². The van der Waals surface area contributed by atoms with Gasteiger partial charge in [-0.05, 0) is 37.0 Å². The predicted octanol–water partition coefficient (Wildman–Crippen LogP) is 3.06. The molecule has 2 nitrogen and oxygen atoms in total. The van der Waals surface area contributed by atoms with Crippen LogP contribution in [0.25, 0.3) is 0 Å². The van der Waals surface area contributed by atoms with Crippen molar-refractivity contribution in [1.29, 1.82) is 0 Å². The van der Waals surface area contributed by atoms with Crippen molar-refractivity contribution in [2.75, 3.05) is 0 Å². The van der Waals surface area contributed by atoms with Gasteiger partial charge in [-0.2, -0.15) is 0 Å². The van der Waals surface area contributed by atoms with E-state index in [1.54, 1.807) is 6.20 Å². The maximum atomic E-state index is 10.1. The molecule has 1 heterocycles. The average molecular weight is 227 g/mol. The van der Waals surface area contributed by atoms with Crippen LogP contribution in [0.3, 0.4) is 0 Å². The van der Waals surface area contributed by atoms with Crippen LogP contribution in [-0.2, 0) is 6.42 Å². The van der Waals surface area contributed by atoms with E-state index in [9.17, 15) is 5.11 Å². The molecule has 2 aromatic rings. The lowest BCUT2D eigenvalue weighted by atomic mass is 10.0. The maximum absolute atomic E-state index is 10.1. The molecule has 0 bridgehead atoms. The van der Waals surface area contributed by atoms with Crippen molar-refractivity contribution in [3.8, 4) is 0 Å². The van der Waals surface area contributed by atoms with Crippen LogP contribution in [0.2, 0.25) is 0 Å². The van der Waals surface area contributed by atoms with Crippen LogP contribution in [0, 0.1) is 6.92 Å². The molecule has 1 atom stereocenters. The molecule has 17 heavy (non-hydrogen) atoms. The molecule has 0 aliphatic rings. The maximum Gasteiger partial charge on any atom is 0.0793 e. The highest BCUT2D eigenvalue weighted by Gasteiger charge is 2.07. The summed E-state index contributed by atoms with van der Waals surface area (Å²) in [6, 6.07) is 12.0. The first-order chi connectivity index (χ1) is 8.25. The van der Waals surface area contributed by atoms with E-state index in [-0.39, 0.29) is 0 Å². The summed E-state index contributed by atoms with van der Waals surface area (Å²) in [5.41, 5.74) is 3.34. The number of aromatic nitrogens is 1. The summed E-state index contributed by atoms with van der Waals surface area (Å²) in [6.45, 7) is 2.04. The molecule has 1 aromatic heterocycles. The Hall–Kier alpha value is -1.67. The van der Waals surface area contributed by atoms with E-state index in [1.165, 1.54) is 11.1 Å². The van der Waals surface area contributed by atoms with Crippen molar-refractivity contribution in [2.24, 2.45) is 0 Å².